The third-order valence-corrected chi connectivity index (χ3v) is 3.84. The lowest BCUT2D eigenvalue weighted by molar-refractivity contribution is -0.148. The molecule has 6 heteroatoms. The third-order valence-electron chi connectivity index (χ3n) is 3.48. The second-order valence-electron chi connectivity index (χ2n) is 4.68. The molecular formula is C14H16ClNO4. The number of carboxylic acid groups (broad SMARTS) is 1. The van der Waals surface area contributed by atoms with Gasteiger partial charge in [-0.2, -0.15) is 0 Å². The fourth-order valence-electron chi connectivity index (χ4n) is 2.48. The SMILES string of the molecule is COc1cccc(Cl)c1CC(=O)N1CCC[C@H]1C(=O)O. The van der Waals surface area contributed by atoms with Gasteiger partial charge in [-0.15, -0.1) is 0 Å². The Labute approximate surface area is 122 Å². The molecule has 1 N–H and O–H groups in total. The van der Waals surface area contributed by atoms with Gasteiger partial charge in [-0.25, -0.2) is 4.79 Å². The summed E-state index contributed by atoms with van der Waals surface area (Å²) in [4.78, 5) is 24.8. The molecule has 1 aliphatic heterocycles. The van der Waals surface area contributed by atoms with Crippen LogP contribution in [-0.4, -0.2) is 41.6 Å². The van der Waals surface area contributed by atoms with Crippen molar-refractivity contribution in [3.63, 3.8) is 0 Å². The number of benzene rings is 1. The number of ether oxygens (including phenoxy) is 1. The van der Waals surface area contributed by atoms with E-state index in [1.54, 1.807) is 18.2 Å². The normalized spacial score (nSPS) is 18.1. The zero-order chi connectivity index (χ0) is 14.7. The zero-order valence-electron chi connectivity index (χ0n) is 11.1. The number of methoxy groups -OCH3 is 1. The van der Waals surface area contributed by atoms with Crippen molar-refractivity contribution in [3.05, 3.63) is 28.8 Å². The first-order chi connectivity index (χ1) is 9.54. The number of hydrogen-bond acceptors (Lipinski definition) is 3. The van der Waals surface area contributed by atoms with E-state index in [0.29, 0.717) is 35.7 Å². The van der Waals surface area contributed by atoms with E-state index in [-0.39, 0.29) is 12.3 Å². The molecule has 1 amide bonds. The number of carboxylic acids is 1. The molecular weight excluding hydrogens is 282 g/mol. The van der Waals surface area contributed by atoms with E-state index in [4.69, 9.17) is 21.4 Å². The van der Waals surface area contributed by atoms with Crippen molar-refractivity contribution in [3.8, 4) is 5.75 Å². The van der Waals surface area contributed by atoms with Crippen molar-refractivity contribution in [2.45, 2.75) is 25.3 Å². The Kier molecular flexibility index (Phi) is 4.49. The van der Waals surface area contributed by atoms with Crippen LogP contribution in [0.25, 0.3) is 0 Å². The summed E-state index contributed by atoms with van der Waals surface area (Å²) in [5.74, 6) is -0.653. The Morgan fingerprint density at radius 1 is 1.50 bits per heavy atom. The third kappa shape index (κ3) is 2.88. The number of nitrogens with zero attached hydrogens (tertiary/aromatic N) is 1. The standard InChI is InChI=1S/C14H16ClNO4/c1-20-12-6-2-4-10(15)9(12)8-13(17)16-7-3-5-11(16)14(18)19/h2,4,6,11H,3,5,7-8H2,1H3,(H,18,19)/t11-/m0/s1. The van der Waals surface area contributed by atoms with Crippen LogP contribution >= 0.6 is 11.6 Å². The summed E-state index contributed by atoms with van der Waals surface area (Å²) >= 11 is 6.09. The average molecular weight is 298 g/mol. The predicted octanol–water partition coefficient (Wildman–Crippen LogP) is 1.97. The van der Waals surface area contributed by atoms with Gasteiger partial charge in [0.1, 0.15) is 11.8 Å². The Morgan fingerprint density at radius 3 is 2.90 bits per heavy atom. The number of rotatable bonds is 4. The maximum atomic E-state index is 12.3. The van der Waals surface area contributed by atoms with Crippen molar-refractivity contribution >= 4 is 23.5 Å². The van der Waals surface area contributed by atoms with Gasteiger partial charge in [0.15, 0.2) is 0 Å². The first-order valence-electron chi connectivity index (χ1n) is 6.38. The minimum atomic E-state index is -0.957. The molecule has 1 saturated heterocycles. The van der Waals surface area contributed by atoms with E-state index >= 15 is 0 Å². The molecule has 0 bridgehead atoms. The summed E-state index contributed by atoms with van der Waals surface area (Å²) in [7, 11) is 1.51. The van der Waals surface area contributed by atoms with Crippen molar-refractivity contribution in [2.75, 3.05) is 13.7 Å². The summed E-state index contributed by atoms with van der Waals surface area (Å²) in [5, 5.41) is 9.56. The maximum absolute atomic E-state index is 12.3. The van der Waals surface area contributed by atoms with Gasteiger partial charge < -0.3 is 14.7 Å². The van der Waals surface area contributed by atoms with E-state index < -0.39 is 12.0 Å². The second kappa shape index (κ2) is 6.13. The molecule has 1 atom stereocenters. The van der Waals surface area contributed by atoms with E-state index in [2.05, 4.69) is 0 Å². The summed E-state index contributed by atoms with van der Waals surface area (Å²) in [6.07, 6.45) is 1.26. The van der Waals surface area contributed by atoms with Crippen molar-refractivity contribution in [2.24, 2.45) is 0 Å². The Bertz CT molecular complexity index is 532. The molecule has 2 rings (SSSR count). The summed E-state index contributed by atoms with van der Waals surface area (Å²) in [6, 6.07) is 4.43. The van der Waals surface area contributed by atoms with E-state index in [9.17, 15) is 9.59 Å². The summed E-state index contributed by atoms with van der Waals surface area (Å²) in [6.45, 7) is 0.475. The number of aliphatic carboxylic acids is 1. The topological polar surface area (TPSA) is 66.8 Å². The molecule has 0 aliphatic carbocycles. The van der Waals surface area contributed by atoms with E-state index in [0.717, 1.165) is 0 Å². The molecule has 108 valence electrons. The molecule has 20 heavy (non-hydrogen) atoms. The number of carbonyl (C=O) groups is 2. The number of likely N-dealkylation sites (tertiary alicyclic amines) is 1. The number of amides is 1. The van der Waals surface area contributed by atoms with E-state index in [1.165, 1.54) is 12.0 Å². The van der Waals surface area contributed by atoms with Crippen molar-refractivity contribution in [1.82, 2.24) is 4.90 Å². The highest BCUT2D eigenvalue weighted by Gasteiger charge is 2.34. The van der Waals surface area contributed by atoms with Crippen LogP contribution < -0.4 is 4.74 Å². The molecule has 1 heterocycles. The molecule has 0 aromatic heterocycles. The lowest BCUT2D eigenvalue weighted by atomic mass is 10.1. The van der Waals surface area contributed by atoms with Crippen molar-refractivity contribution < 1.29 is 19.4 Å². The van der Waals surface area contributed by atoms with E-state index in [1.807, 2.05) is 0 Å². The maximum Gasteiger partial charge on any atom is 0.326 e. The van der Waals surface area contributed by atoms with Gasteiger partial charge in [0.25, 0.3) is 0 Å². The lowest BCUT2D eigenvalue weighted by Gasteiger charge is -2.22. The highest BCUT2D eigenvalue weighted by atomic mass is 35.5. The fourth-order valence-corrected chi connectivity index (χ4v) is 2.71. The second-order valence-corrected chi connectivity index (χ2v) is 5.09. The Hall–Kier alpha value is -1.75. The molecule has 5 nitrogen and oxygen atoms in total. The molecule has 0 unspecified atom stereocenters. The largest absolute Gasteiger partial charge is 0.496 e. The van der Waals surface area contributed by atoms with Crippen LogP contribution in [0, 0.1) is 0 Å². The zero-order valence-corrected chi connectivity index (χ0v) is 11.9. The van der Waals surface area contributed by atoms with Crippen molar-refractivity contribution in [1.29, 1.82) is 0 Å². The minimum absolute atomic E-state index is 0.0482. The highest BCUT2D eigenvalue weighted by Crippen LogP contribution is 2.28. The molecule has 0 radical (unpaired) electrons. The van der Waals surface area contributed by atoms with Gasteiger partial charge in [-0.1, -0.05) is 17.7 Å². The van der Waals surface area contributed by atoms with Crippen LogP contribution in [0.4, 0.5) is 0 Å². The lowest BCUT2D eigenvalue weighted by Crippen LogP contribution is -2.41. The Morgan fingerprint density at radius 2 is 2.25 bits per heavy atom. The van der Waals surface area contributed by atoms with Gasteiger partial charge in [-0.3, -0.25) is 4.79 Å². The fraction of sp³-hybridized carbons (Fsp3) is 0.429. The predicted molar refractivity (Wildman–Crippen MR) is 74.1 cm³/mol. The highest BCUT2D eigenvalue weighted by molar-refractivity contribution is 6.31. The number of carbonyl (C=O) groups excluding carboxylic acids is 1. The summed E-state index contributed by atoms with van der Waals surface area (Å²) < 4.78 is 5.19. The van der Waals surface area contributed by atoms with Gasteiger partial charge in [0.2, 0.25) is 5.91 Å². The Balaban J connectivity index is 2.18. The molecule has 1 aliphatic rings. The van der Waals surface area contributed by atoms with Gasteiger partial charge in [0.05, 0.1) is 13.5 Å². The van der Waals surface area contributed by atoms with Crippen LogP contribution in [0.5, 0.6) is 5.75 Å². The van der Waals surface area contributed by atoms with Crippen LogP contribution in [0.1, 0.15) is 18.4 Å². The quantitative estimate of drug-likeness (QED) is 0.922. The first kappa shape index (κ1) is 14.7. The van der Waals surface area contributed by atoms with Crippen LogP contribution in [0.15, 0.2) is 18.2 Å². The first-order valence-corrected chi connectivity index (χ1v) is 6.76. The molecule has 0 saturated carbocycles. The van der Waals surface area contributed by atoms with Gasteiger partial charge >= 0.3 is 5.97 Å². The minimum Gasteiger partial charge on any atom is -0.496 e. The van der Waals surface area contributed by atoms with Crippen LogP contribution in [0.2, 0.25) is 5.02 Å². The monoisotopic (exact) mass is 297 g/mol. The average Bonchev–Trinajstić information content (AvgIpc) is 2.90. The van der Waals surface area contributed by atoms with Gasteiger partial charge in [-0.05, 0) is 25.0 Å². The number of hydrogen-bond donors (Lipinski definition) is 1. The molecule has 1 aromatic rings. The van der Waals surface area contributed by atoms with Gasteiger partial charge in [0, 0.05) is 17.1 Å². The smallest absolute Gasteiger partial charge is 0.326 e. The molecule has 1 fully saturated rings. The number of halogens is 1. The molecule has 1 aromatic carbocycles. The van der Waals surface area contributed by atoms with Crippen LogP contribution in [0.3, 0.4) is 0 Å². The van der Waals surface area contributed by atoms with Crippen LogP contribution in [-0.2, 0) is 16.0 Å². The summed E-state index contributed by atoms with van der Waals surface area (Å²) in [5.41, 5.74) is 0.595. The molecule has 0 spiro atoms.